The smallest absolute Gasteiger partial charge is 0.260 e. The van der Waals surface area contributed by atoms with Crippen molar-refractivity contribution in [3.63, 3.8) is 0 Å². The van der Waals surface area contributed by atoms with Crippen LogP contribution in [0.25, 0.3) is 0 Å². The predicted octanol–water partition coefficient (Wildman–Crippen LogP) is 2.14. The first-order valence-electron chi connectivity index (χ1n) is 10.7. The van der Waals surface area contributed by atoms with Gasteiger partial charge in [-0.05, 0) is 39.0 Å². The number of nitrogens with one attached hydrogen (secondary N) is 1. The molecule has 29 heavy (non-hydrogen) atoms. The molecule has 7 nitrogen and oxygen atoms in total. The van der Waals surface area contributed by atoms with Gasteiger partial charge in [0.2, 0.25) is 5.91 Å². The molecule has 3 aliphatic heterocycles. The highest BCUT2D eigenvalue weighted by Crippen LogP contribution is 2.37. The van der Waals surface area contributed by atoms with E-state index in [1.807, 2.05) is 24.8 Å². The Labute approximate surface area is 170 Å². The molecule has 1 aromatic rings. The standard InChI is InChI=1S/C20H31F2N5O2/c1-13-11-18-23-16(12-17(19(21)22)27(18)24-13)15-3-5-26(6-4-15)20(28)14(2)25-7-9-29-10-8-25/h11,14-17,19,23H,3-10,12H2,1-2H3/t14-,16+,17-/m1/s1. The Bertz CT molecular complexity index is 714. The van der Waals surface area contributed by atoms with Gasteiger partial charge < -0.3 is 15.0 Å². The molecule has 4 heterocycles. The molecule has 1 amide bonds. The highest BCUT2D eigenvalue weighted by molar-refractivity contribution is 5.81. The Morgan fingerprint density at radius 1 is 1.24 bits per heavy atom. The number of piperidine rings is 1. The summed E-state index contributed by atoms with van der Waals surface area (Å²) in [7, 11) is 0. The number of halogens is 2. The second-order valence-electron chi connectivity index (χ2n) is 8.49. The maximum absolute atomic E-state index is 13.6. The third-order valence-electron chi connectivity index (χ3n) is 6.66. The molecule has 0 unspecified atom stereocenters. The average Bonchev–Trinajstić information content (AvgIpc) is 3.12. The van der Waals surface area contributed by atoms with Gasteiger partial charge in [-0.3, -0.25) is 9.69 Å². The Morgan fingerprint density at radius 3 is 2.59 bits per heavy atom. The number of nitrogens with zero attached hydrogens (tertiary/aromatic N) is 4. The summed E-state index contributed by atoms with van der Waals surface area (Å²) in [4.78, 5) is 17.0. The van der Waals surface area contributed by atoms with Crippen LogP contribution in [0.3, 0.4) is 0 Å². The number of fused-ring (bicyclic) bond motifs is 1. The number of hydrogen-bond donors (Lipinski definition) is 1. The van der Waals surface area contributed by atoms with E-state index in [0.717, 1.165) is 31.6 Å². The van der Waals surface area contributed by atoms with Crippen LogP contribution >= 0.6 is 0 Å². The average molecular weight is 411 g/mol. The Kier molecular flexibility index (Phi) is 6.06. The quantitative estimate of drug-likeness (QED) is 0.823. The Morgan fingerprint density at radius 2 is 1.93 bits per heavy atom. The van der Waals surface area contributed by atoms with Gasteiger partial charge in [0.1, 0.15) is 11.9 Å². The van der Waals surface area contributed by atoms with Crippen molar-refractivity contribution in [2.45, 2.75) is 57.7 Å². The number of ether oxygens (including phenoxy) is 1. The number of amides is 1. The van der Waals surface area contributed by atoms with Crippen molar-refractivity contribution >= 4 is 11.7 Å². The lowest BCUT2D eigenvalue weighted by Crippen LogP contribution is -2.53. The number of morpholine rings is 1. The van der Waals surface area contributed by atoms with Gasteiger partial charge in [-0.1, -0.05) is 0 Å². The van der Waals surface area contributed by atoms with E-state index in [1.165, 1.54) is 4.68 Å². The van der Waals surface area contributed by atoms with Crippen molar-refractivity contribution in [2.75, 3.05) is 44.7 Å². The lowest BCUT2D eigenvalue weighted by molar-refractivity contribution is -0.139. The van der Waals surface area contributed by atoms with Gasteiger partial charge in [0.25, 0.3) is 6.43 Å². The summed E-state index contributed by atoms with van der Waals surface area (Å²) < 4.78 is 34.1. The second kappa shape index (κ2) is 8.55. The molecule has 0 aromatic carbocycles. The molecule has 2 fully saturated rings. The third-order valence-corrected chi connectivity index (χ3v) is 6.66. The summed E-state index contributed by atoms with van der Waals surface area (Å²) >= 11 is 0. The van der Waals surface area contributed by atoms with Crippen LogP contribution in [0.15, 0.2) is 6.07 Å². The molecule has 2 saturated heterocycles. The lowest BCUT2D eigenvalue weighted by atomic mass is 9.84. The molecule has 0 spiro atoms. The van der Waals surface area contributed by atoms with Crippen molar-refractivity contribution in [3.05, 3.63) is 11.8 Å². The van der Waals surface area contributed by atoms with E-state index < -0.39 is 12.5 Å². The van der Waals surface area contributed by atoms with Crippen molar-refractivity contribution < 1.29 is 18.3 Å². The van der Waals surface area contributed by atoms with Crippen LogP contribution in [-0.2, 0) is 9.53 Å². The molecule has 4 rings (SSSR count). The fraction of sp³-hybridized carbons (Fsp3) is 0.800. The summed E-state index contributed by atoms with van der Waals surface area (Å²) in [5.41, 5.74) is 0.747. The predicted molar refractivity (Wildman–Crippen MR) is 105 cm³/mol. The monoisotopic (exact) mass is 411 g/mol. The zero-order valence-corrected chi connectivity index (χ0v) is 17.2. The van der Waals surface area contributed by atoms with Gasteiger partial charge in [0.15, 0.2) is 0 Å². The van der Waals surface area contributed by atoms with E-state index in [4.69, 9.17) is 4.74 Å². The molecule has 1 aromatic heterocycles. The van der Waals surface area contributed by atoms with Crippen molar-refractivity contribution in [1.82, 2.24) is 19.6 Å². The van der Waals surface area contributed by atoms with E-state index in [9.17, 15) is 13.6 Å². The zero-order valence-electron chi connectivity index (χ0n) is 17.2. The van der Waals surface area contributed by atoms with E-state index in [-0.39, 0.29) is 23.9 Å². The molecular weight excluding hydrogens is 380 g/mol. The fourth-order valence-corrected chi connectivity index (χ4v) is 4.91. The summed E-state index contributed by atoms with van der Waals surface area (Å²) in [6.45, 7) is 8.10. The molecule has 9 heteroatoms. The van der Waals surface area contributed by atoms with Gasteiger partial charge in [0.05, 0.1) is 24.9 Å². The first-order valence-corrected chi connectivity index (χ1v) is 10.7. The van der Waals surface area contributed by atoms with E-state index in [2.05, 4.69) is 15.3 Å². The van der Waals surface area contributed by atoms with Crippen molar-refractivity contribution in [3.8, 4) is 0 Å². The van der Waals surface area contributed by atoms with Gasteiger partial charge in [-0.15, -0.1) is 0 Å². The van der Waals surface area contributed by atoms with Gasteiger partial charge in [0, 0.05) is 38.3 Å². The number of hydrogen-bond acceptors (Lipinski definition) is 5. The maximum Gasteiger partial charge on any atom is 0.260 e. The maximum atomic E-state index is 13.6. The van der Waals surface area contributed by atoms with Gasteiger partial charge >= 0.3 is 0 Å². The first-order chi connectivity index (χ1) is 13.9. The second-order valence-corrected chi connectivity index (χ2v) is 8.49. The molecule has 162 valence electrons. The van der Waals surface area contributed by atoms with Crippen LogP contribution in [0.2, 0.25) is 0 Å². The minimum Gasteiger partial charge on any atom is -0.379 e. The summed E-state index contributed by atoms with van der Waals surface area (Å²) in [6.07, 6.45) is -0.396. The minimum absolute atomic E-state index is 0.00785. The minimum atomic E-state index is -2.44. The third kappa shape index (κ3) is 4.26. The summed E-state index contributed by atoms with van der Waals surface area (Å²) in [6, 6.07) is 0.811. The molecule has 3 aliphatic rings. The molecule has 0 saturated carbocycles. The molecule has 0 bridgehead atoms. The number of likely N-dealkylation sites (tertiary alicyclic amines) is 1. The summed E-state index contributed by atoms with van der Waals surface area (Å²) in [5.74, 6) is 1.13. The number of rotatable bonds is 4. The van der Waals surface area contributed by atoms with Crippen molar-refractivity contribution in [1.29, 1.82) is 0 Å². The van der Waals surface area contributed by atoms with Crippen LogP contribution in [0, 0.1) is 12.8 Å². The van der Waals surface area contributed by atoms with Gasteiger partial charge in [-0.25, -0.2) is 13.5 Å². The number of aryl methyl sites for hydroxylation is 1. The molecule has 0 radical (unpaired) electrons. The highest BCUT2D eigenvalue weighted by Gasteiger charge is 2.39. The highest BCUT2D eigenvalue weighted by atomic mass is 19.3. The van der Waals surface area contributed by atoms with Crippen LogP contribution in [0.1, 0.15) is 37.9 Å². The van der Waals surface area contributed by atoms with E-state index in [1.54, 1.807) is 0 Å². The lowest BCUT2D eigenvalue weighted by Gasteiger charge is -2.42. The Hall–Kier alpha value is -1.74. The van der Waals surface area contributed by atoms with Crippen LogP contribution < -0.4 is 5.32 Å². The molecule has 0 aliphatic carbocycles. The molecular formula is C20H31F2N5O2. The van der Waals surface area contributed by atoms with Crippen LogP contribution in [0.4, 0.5) is 14.6 Å². The zero-order chi connectivity index (χ0) is 20.5. The van der Waals surface area contributed by atoms with Crippen molar-refractivity contribution in [2.24, 2.45) is 5.92 Å². The fourth-order valence-electron chi connectivity index (χ4n) is 4.91. The Balaban J connectivity index is 1.35. The number of carbonyl (C=O) groups is 1. The number of carbonyl (C=O) groups excluding carboxylic acids is 1. The number of anilines is 1. The largest absolute Gasteiger partial charge is 0.379 e. The van der Waals surface area contributed by atoms with Crippen LogP contribution in [-0.4, -0.2) is 83.4 Å². The number of alkyl halides is 2. The normalized spacial score (nSPS) is 27.6. The summed E-state index contributed by atoms with van der Waals surface area (Å²) in [5, 5.41) is 7.67. The topological polar surface area (TPSA) is 62.6 Å². The molecule has 1 N–H and O–H groups in total. The first kappa shape index (κ1) is 20.5. The van der Waals surface area contributed by atoms with E-state index >= 15 is 0 Å². The molecule has 3 atom stereocenters. The van der Waals surface area contributed by atoms with Gasteiger partial charge in [-0.2, -0.15) is 5.10 Å². The number of aromatic nitrogens is 2. The van der Waals surface area contributed by atoms with Crippen LogP contribution in [0.5, 0.6) is 0 Å². The van der Waals surface area contributed by atoms with E-state index in [0.29, 0.717) is 38.5 Å². The SMILES string of the molecule is Cc1cc2n(n1)[C@@H](C(F)F)C[C@@H](C1CCN(C(=O)[C@@H](C)N3CCOCC3)CC1)N2.